The summed E-state index contributed by atoms with van der Waals surface area (Å²) < 4.78 is 5.47. The van der Waals surface area contributed by atoms with E-state index in [-0.39, 0.29) is 0 Å². The van der Waals surface area contributed by atoms with Crippen LogP contribution in [0.3, 0.4) is 0 Å². The zero-order chi connectivity index (χ0) is 14.8. The molecule has 20 heavy (non-hydrogen) atoms. The van der Waals surface area contributed by atoms with Crippen molar-refractivity contribution in [3.05, 3.63) is 29.6 Å². The highest BCUT2D eigenvalue weighted by Crippen LogP contribution is 2.04. The van der Waals surface area contributed by atoms with Gasteiger partial charge in [0, 0.05) is 32.1 Å². The van der Waals surface area contributed by atoms with Crippen LogP contribution in [-0.2, 0) is 11.3 Å². The Bertz CT molecular complexity index is 369. The van der Waals surface area contributed by atoms with Crippen LogP contribution in [0.1, 0.15) is 37.8 Å². The number of hydrogen-bond donors (Lipinski definition) is 2. The zero-order valence-electron chi connectivity index (χ0n) is 12.9. The second-order valence-electron chi connectivity index (χ2n) is 5.70. The Balaban J connectivity index is 2.05. The molecule has 114 valence electrons. The topological polar surface area (TPSA) is 54.4 Å². The van der Waals surface area contributed by atoms with E-state index in [9.17, 15) is 5.11 Å². The summed E-state index contributed by atoms with van der Waals surface area (Å²) in [6.45, 7) is 8.89. The Kier molecular flexibility index (Phi) is 8.42. The van der Waals surface area contributed by atoms with Crippen LogP contribution in [0.15, 0.2) is 18.5 Å². The highest BCUT2D eigenvalue weighted by atomic mass is 16.5. The number of pyridine rings is 1. The molecule has 0 spiro atoms. The summed E-state index contributed by atoms with van der Waals surface area (Å²) in [7, 11) is 0. The van der Waals surface area contributed by atoms with Crippen molar-refractivity contribution in [2.75, 3.05) is 19.8 Å². The van der Waals surface area contributed by atoms with Crippen LogP contribution in [0.5, 0.6) is 0 Å². The van der Waals surface area contributed by atoms with Crippen molar-refractivity contribution in [1.82, 2.24) is 10.3 Å². The van der Waals surface area contributed by atoms with Crippen LogP contribution < -0.4 is 5.32 Å². The molecule has 0 amide bonds. The number of aliphatic hydroxyl groups is 1. The Morgan fingerprint density at radius 2 is 2.20 bits per heavy atom. The number of hydrogen-bond acceptors (Lipinski definition) is 4. The van der Waals surface area contributed by atoms with E-state index in [4.69, 9.17) is 4.74 Å². The van der Waals surface area contributed by atoms with Gasteiger partial charge in [0.2, 0.25) is 0 Å². The molecule has 4 heteroatoms. The van der Waals surface area contributed by atoms with E-state index >= 15 is 0 Å². The van der Waals surface area contributed by atoms with Gasteiger partial charge < -0.3 is 15.2 Å². The van der Waals surface area contributed by atoms with E-state index in [1.54, 1.807) is 6.20 Å². The zero-order valence-corrected chi connectivity index (χ0v) is 12.9. The van der Waals surface area contributed by atoms with E-state index in [1.807, 2.05) is 19.2 Å². The molecule has 0 fully saturated rings. The fourth-order valence-electron chi connectivity index (χ4n) is 1.95. The Morgan fingerprint density at radius 1 is 1.40 bits per heavy atom. The van der Waals surface area contributed by atoms with E-state index in [1.165, 1.54) is 17.5 Å². The molecule has 1 aromatic heterocycles. The smallest absolute Gasteiger partial charge is 0.0897 e. The molecular formula is C16H28N2O2. The van der Waals surface area contributed by atoms with Gasteiger partial charge in [-0.15, -0.1) is 0 Å². The predicted octanol–water partition coefficient (Wildman–Crippen LogP) is 2.29. The van der Waals surface area contributed by atoms with E-state index in [0.717, 1.165) is 19.6 Å². The normalized spacial score (nSPS) is 12.8. The molecule has 1 atom stereocenters. The number of nitrogens with zero attached hydrogens (tertiary/aromatic N) is 1. The molecule has 0 aliphatic rings. The second kappa shape index (κ2) is 9.86. The van der Waals surface area contributed by atoms with Crippen molar-refractivity contribution in [2.45, 2.75) is 46.3 Å². The first-order valence-corrected chi connectivity index (χ1v) is 7.45. The second-order valence-corrected chi connectivity index (χ2v) is 5.70. The van der Waals surface area contributed by atoms with Crippen LogP contribution in [0.4, 0.5) is 0 Å². The summed E-state index contributed by atoms with van der Waals surface area (Å²) in [5.41, 5.74) is 2.38. The van der Waals surface area contributed by atoms with Gasteiger partial charge in [0.05, 0.1) is 12.7 Å². The molecule has 0 aromatic carbocycles. The lowest BCUT2D eigenvalue weighted by Crippen LogP contribution is -2.30. The van der Waals surface area contributed by atoms with Crippen molar-refractivity contribution in [1.29, 1.82) is 0 Å². The molecule has 0 saturated carbocycles. The van der Waals surface area contributed by atoms with Gasteiger partial charge >= 0.3 is 0 Å². The highest BCUT2D eigenvalue weighted by molar-refractivity contribution is 5.21. The fourth-order valence-corrected chi connectivity index (χ4v) is 1.95. The van der Waals surface area contributed by atoms with Crippen LogP contribution in [-0.4, -0.2) is 36.0 Å². The maximum atomic E-state index is 9.81. The average molecular weight is 280 g/mol. The molecule has 1 unspecified atom stereocenters. The molecule has 0 aliphatic carbocycles. The molecule has 0 bridgehead atoms. The first kappa shape index (κ1) is 17.1. The molecule has 0 radical (unpaired) electrons. The molecule has 2 N–H and O–H groups in total. The maximum absolute atomic E-state index is 9.81. The molecule has 1 heterocycles. The third-order valence-corrected chi connectivity index (χ3v) is 3.21. The number of rotatable bonds is 10. The summed E-state index contributed by atoms with van der Waals surface area (Å²) in [5.74, 6) is 0.716. The first-order valence-electron chi connectivity index (χ1n) is 7.45. The summed E-state index contributed by atoms with van der Waals surface area (Å²) in [6.07, 6.45) is 5.43. The molecular weight excluding hydrogens is 252 g/mol. The molecule has 0 saturated heterocycles. The van der Waals surface area contributed by atoms with Gasteiger partial charge in [-0.25, -0.2) is 0 Å². The van der Waals surface area contributed by atoms with Gasteiger partial charge in [-0.05, 0) is 42.9 Å². The largest absolute Gasteiger partial charge is 0.389 e. The monoisotopic (exact) mass is 280 g/mol. The average Bonchev–Trinajstić information content (AvgIpc) is 2.40. The Morgan fingerprint density at radius 3 is 2.90 bits per heavy atom. The van der Waals surface area contributed by atoms with Crippen LogP contribution >= 0.6 is 0 Å². The standard InChI is InChI=1S/C16H28N2O2/c1-13(2)5-4-8-20-12-16(19)11-18-10-15-6-7-17-9-14(15)3/h6-7,9,13,16,18-19H,4-5,8,10-12H2,1-3H3. The van der Waals surface area contributed by atoms with Gasteiger partial charge in [-0.3, -0.25) is 4.98 Å². The van der Waals surface area contributed by atoms with E-state index in [0.29, 0.717) is 19.1 Å². The SMILES string of the molecule is Cc1cnccc1CNCC(O)COCCCC(C)C. The van der Waals surface area contributed by atoms with Crippen molar-refractivity contribution >= 4 is 0 Å². The summed E-state index contributed by atoms with van der Waals surface area (Å²) >= 11 is 0. The van der Waals surface area contributed by atoms with E-state index in [2.05, 4.69) is 24.1 Å². The van der Waals surface area contributed by atoms with Crippen molar-refractivity contribution < 1.29 is 9.84 Å². The number of aryl methyl sites for hydroxylation is 1. The van der Waals surface area contributed by atoms with Crippen molar-refractivity contribution in [2.24, 2.45) is 5.92 Å². The third kappa shape index (κ3) is 7.58. The number of aliphatic hydroxyl groups excluding tert-OH is 1. The lowest BCUT2D eigenvalue weighted by atomic mass is 10.1. The number of ether oxygens (including phenoxy) is 1. The fraction of sp³-hybridized carbons (Fsp3) is 0.688. The summed E-state index contributed by atoms with van der Waals surface area (Å²) in [4.78, 5) is 4.06. The summed E-state index contributed by atoms with van der Waals surface area (Å²) in [6, 6.07) is 2.00. The first-order chi connectivity index (χ1) is 9.59. The van der Waals surface area contributed by atoms with Gasteiger partial charge in [-0.2, -0.15) is 0 Å². The molecule has 1 aromatic rings. The van der Waals surface area contributed by atoms with Gasteiger partial charge in [0.15, 0.2) is 0 Å². The minimum atomic E-state index is -0.448. The number of nitrogens with one attached hydrogen (secondary N) is 1. The van der Waals surface area contributed by atoms with Crippen LogP contribution in [0, 0.1) is 12.8 Å². The number of aromatic nitrogens is 1. The maximum Gasteiger partial charge on any atom is 0.0897 e. The van der Waals surface area contributed by atoms with Gasteiger partial charge in [-0.1, -0.05) is 13.8 Å². The molecule has 1 rings (SSSR count). The highest BCUT2D eigenvalue weighted by Gasteiger charge is 2.05. The van der Waals surface area contributed by atoms with Crippen molar-refractivity contribution in [3.8, 4) is 0 Å². The van der Waals surface area contributed by atoms with Gasteiger partial charge in [0.1, 0.15) is 0 Å². The predicted molar refractivity (Wildman–Crippen MR) is 81.6 cm³/mol. The Hall–Kier alpha value is -0.970. The minimum absolute atomic E-state index is 0.403. The van der Waals surface area contributed by atoms with Crippen LogP contribution in [0.25, 0.3) is 0 Å². The quantitative estimate of drug-likeness (QED) is 0.646. The Labute approximate surface area is 122 Å². The summed E-state index contributed by atoms with van der Waals surface area (Å²) in [5, 5.41) is 13.0. The van der Waals surface area contributed by atoms with E-state index < -0.39 is 6.10 Å². The lowest BCUT2D eigenvalue weighted by molar-refractivity contribution is 0.0346. The minimum Gasteiger partial charge on any atom is -0.389 e. The lowest BCUT2D eigenvalue weighted by Gasteiger charge is -2.13. The molecule has 4 nitrogen and oxygen atoms in total. The molecule has 0 aliphatic heterocycles. The van der Waals surface area contributed by atoms with Crippen molar-refractivity contribution in [3.63, 3.8) is 0 Å². The van der Waals surface area contributed by atoms with Gasteiger partial charge in [0.25, 0.3) is 0 Å². The third-order valence-electron chi connectivity index (χ3n) is 3.21. The van der Waals surface area contributed by atoms with Crippen LogP contribution in [0.2, 0.25) is 0 Å².